The van der Waals surface area contributed by atoms with Crippen LogP contribution >= 0.6 is 43.2 Å². The Labute approximate surface area is 622 Å². The summed E-state index contributed by atoms with van der Waals surface area (Å²) in [5.41, 5.74) is 20.6. The molecule has 0 radical (unpaired) electrons. The Kier molecular flexibility index (Phi) is 42.6. The van der Waals surface area contributed by atoms with Gasteiger partial charge in [0, 0.05) is 131 Å². The fourth-order valence-electron chi connectivity index (χ4n) is 10.8. The van der Waals surface area contributed by atoms with Crippen LogP contribution in [0, 0.1) is 0 Å². The summed E-state index contributed by atoms with van der Waals surface area (Å²) in [4.78, 5) is 102. The Morgan fingerprint density at radius 1 is 0.510 bits per heavy atom. The molecule has 3 saturated heterocycles. The van der Waals surface area contributed by atoms with Crippen molar-refractivity contribution >= 4 is 136 Å². The van der Waals surface area contributed by atoms with Crippen LogP contribution in [0.2, 0.25) is 0 Å². The van der Waals surface area contributed by atoms with Crippen molar-refractivity contribution in [3.8, 4) is 0 Å². The smallest absolute Gasteiger partial charge is 0.239 e. The molecule has 30 nitrogen and oxygen atoms in total. The summed E-state index contributed by atoms with van der Waals surface area (Å²) in [7, 11) is 7.66. The van der Waals surface area contributed by atoms with Gasteiger partial charge < -0.3 is 116 Å². The molecule has 578 valence electrons. The first-order chi connectivity index (χ1) is 49.4. The maximum atomic E-state index is 13.5. The zero-order valence-corrected chi connectivity index (χ0v) is 61.6. The number of aliphatic hydroxyl groups is 8. The van der Waals surface area contributed by atoms with Gasteiger partial charge in [-0.3, -0.25) is 38.4 Å². The third-order valence-electron chi connectivity index (χ3n) is 16.6. The van der Waals surface area contributed by atoms with Crippen molar-refractivity contribution in [2.24, 2.45) is 0 Å². The fraction of sp³-hybridized carbons (Fsp3) is 0.543. The van der Waals surface area contributed by atoms with Crippen LogP contribution in [0.15, 0.2) is 97.1 Å². The SMILES string of the molecule is Nc1cccc(NC(=O)CCC(CCC(=O)Nc2cccc(N)c2)(CCC(=O)Nc2cccc(N)c2)NC(=O)CNC(=O)CCCCC2CCSS2)c1.O.O=C(CCCCC1CCSS1)NCC(=O)NCCCC(=O)Nc1cccc(NCC(O)C(O)CC(O)CO)c1.OCC1OCC(O)C(O)C1O. The van der Waals surface area contributed by atoms with Gasteiger partial charge in [0.1, 0.15) is 24.4 Å². The molecule has 25 N–H and O–H groups in total. The summed E-state index contributed by atoms with van der Waals surface area (Å²) in [6.07, 6.45) is 1.76. The molecule has 34 heteroatoms. The van der Waals surface area contributed by atoms with Gasteiger partial charge in [0.2, 0.25) is 47.3 Å². The molecule has 3 heterocycles. The maximum absolute atomic E-state index is 13.5. The van der Waals surface area contributed by atoms with Crippen LogP contribution in [0.3, 0.4) is 0 Å². The highest BCUT2D eigenvalue weighted by Gasteiger charge is 2.37. The molecule has 3 aliphatic rings. The quantitative estimate of drug-likeness (QED) is 0.0172. The molecule has 4 aromatic carbocycles. The highest BCUT2D eigenvalue weighted by molar-refractivity contribution is 8.77. The summed E-state index contributed by atoms with van der Waals surface area (Å²) in [5, 5.41) is 100. The molecule has 0 bridgehead atoms. The van der Waals surface area contributed by atoms with Crippen LogP contribution in [0.1, 0.15) is 122 Å². The van der Waals surface area contributed by atoms with Crippen molar-refractivity contribution in [2.75, 3.05) is 101 Å². The summed E-state index contributed by atoms with van der Waals surface area (Å²) in [6.45, 7) is -0.955. The molecule has 3 aliphatic heterocycles. The second-order valence-corrected chi connectivity index (χ2v) is 30.9. The first kappa shape index (κ1) is 89.2. The van der Waals surface area contributed by atoms with Crippen molar-refractivity contribution in [3.05, 3.63) is 97.1 Å². The van der Waals surface area contributed by atoms with Gasteiger partial charge in [-0.25, -0.2) is 0 Å². The van der Waals surface area contributed by atoms with Crippen molar-refractivity contribution in [1.29, 1.82) is 0 Å². The second kappa shape index (κ2) is 49.6. The molecule has 8 amide bonds. The summed E-state index contributed by atoms with van der Waals surface area (Å²) >= 11 is 0. The van der Waals surface area contributed by atoms with E-state index in [1.54, 1.807) is 97.1 Å². The second-order valence-electron chi connectivity index (χ2n) is 25.3. The number of carbonyl (C=O) groups excluding carboxylic acids is 8. The number of anilines is 8. The average molecular weight is 1530 g/mol. The monoisotopic (exact) mass is 1530 g/mol. The maximum Gasteiger partial charge on any atom is 0.239 e. The predicted molar refractivity (Wildman–Crippen MR) is 411 cm³/mol. The lowest BCUT2D eigenvalue weighted by Gasteiger charge is -2.35. The van der Waals surface area contributed by atoms with Crippen LogP contribution in [0.5, 0.6) is 0 Å². The number of nitrogens with one attached hydrogen (secondary N) is 9. The summed E-state index contributed by atoms with van der Waals surface area (Å²) in [5.74, 6) is -0.0209. The van der Waals surface area contributed by atoms with Gasteiger partial charge in [-0.2, -0.15) is 0 Å². The van der Waals surface area contributed by atoms with Crippen LogP contribution in [-0.2, 0) is 43.1 Å². The minimum absolute atomic E-state index is 0. The molecule has 0 aromatic heterocycles. The number of carbonyl (C=O) groups is 8. The third kappa shape index (κ3) is 36.7. The number of amides is 8. The van der Waals surface area contributed by atoms with Crippen molar-refractivity contribution in [2.45, 2.75) is 181 Å². The molecule has 4 aromatic rings. The molecule has 3 fully saturated rings. The number of hydrogen-bond donors (Lipinski definition) is 20. The number of nitrogens with two attached hydrogens (primary N) is 3. The van der Waals surface area contributed by atoms with Gasteiger partial charge in [-0.1, -0.05) is 80.3 Å². The van der Waals surface area contributed by atoms with Crippen LogP contribution in [0.4, 0.5) is 45.5 Å². The summed E-state index contributed by atoms with van der Waals surface area (Å²) in [6, 6.07) is 27.1. The normalized spacial score (nSPS) is 18.3. The zero-order valence-electron chi connectivity index (χ0n) is 58.3. The first-order valence-electron chi connectivity index (χ1n) is 34.6. The molecule has 0 saturated carbocycles. The minimum atomic E-state index is -1.22. The predicted octanol–water partition coefficient (Wildman–Crippen LogP) is 3.54. The molecule has 7 rings (SSSR count). The van der Waals surface area contributed by atoms with Crippen molar-refractivity contribution in [1.82, 2.24) is 21.3 Å². The van der Waals surface area contributed by atoms with Crippen LogP contribution < -0.4 is 65.1 Å². The Morgan fingerprint density at radius 2 is 0.942 bits per heavy atom. The minimum Gasteiger partial charge on any atom is -0.412 e. The van der Waals surface area contributed by atoms with Gasteiger partial charge in [-0.15, -0.1) is 0 Å². The van der Waals surface area contributed by atoms with E-state index < -0.39 is 60.8 Å². The van der Waals surface area contributed by atoms with Gasteiger partial charge in [0.25, 0.3) is 0 Å². The van der Waals surface area contributed by atoms with E-state index in [0.29, 0.717) is 81.8 Å². The molecule has 104 heavy (non-hydrogen) atoms. The number of hydrogen-bond acceptors (Lipinski definition) is 25. The number of nitrogen functional groups attached to an aromatic ring is 3. The Hall–Kier alpha value is -7.16. The van der Waals surface area contributed by atoms with E-state index in [2.05, 4.69) is 47.9 Å². The standard InChI is InChI=1S/C38H50N8O5S2.C26H42N4O7S2.C6H12O5.H2O/c39-26-6-3-9-29(22-26)43-34(48)14-18-38(19-15-35(49)44-30-10-4-7-27(40)23-30,20-16-36(50)45-31-11-5-8-28(41)24-31)46-37(51)25-42-33(47)13-2-1-12-32-17-21-52-53-32;31-17-20(32)14-22(33)23(34)15-28-18-5-3-6-19(13-18)30-25(36)9-4-11-27-26(37)16-29-24(35)8-2-1-7-21-10-12-38-39-21;7-1-4-6(10)5(9)3(8)2-11-4;/h3-11,22-24,32H,1-2,12-21,25,39-41H2,(H,42,47)(H,43,48)(H,44,49)(H,45,50)(H,46,51);3,5-6,13,20-23,28,31-34H,1-2,4,7-12,14-17H2,(H,27,37)(H,29,35)(H,30,36);3-10H,1-2H2;1H2. The molecule has 0 aliphatic carbocycles. The summed E-state index contributed by atoms with van der Waals surface area (Å²) < 4.78 is 4.81. The highest BCUT2D eigenvalue weighted by Crippen LogP contribution is 2.41. The van der Waals surface area contributed by atoms with E-state index in [-0.39, 0.29) is 131 Å². The Morgan fingerprint density at radius 3 is 1.38 bits per heavy atom. The lowest BCUT2D eigenvalue weighted by atomic mass is 9.83. The molecule has 9 unspecified atom stereocenters. The van der Waals surface area contributed by atoms with Gasteiger partial charge >= 0.3 is 0 Å². The molecular weight excluding hydrogens is 1430 g/mol. The Balaban J connectivity index is 0.000000392. The van der Waals surface area contributed by atoms with E-state index in [9.17, 15) is 53.7 Å². The van der Waals surface area contributed by atoms with Crippen molar-refractivity contribution < 1.29 is 89.4 Å². The van der Waals surface area contributed by atoms with E-state index in [1.165, 1.54) is 24.3 Å². The van der Waals surface area contributed by atoms with Crippen LogP contribution in [0.25, 0.3) is 0 Å². The van der Waals surface area contributed by atoms with E-state index in [0.717, 1.165) is 38.5 Å². The topological polar surface area (TPSA) is 525 Å². The van der Waals surface area contributed by atoms with Gasteiger partial charge in [-0.05, 0) is 137 Å². The fourth-order valence-corrected chi connectivity index (χ4v) is 16.9. The lowest BCUT2D eigenvalue weighted by molar-refractivity contribution is -0.195. The van der Waals surface area contributed by atoms with E-state index in [1.807, 2.05) is 43.2 Å². The number of benzene rings is 4. The van der Waals surface area contributed by atoms with Crippen LogP contribution in [-0.4, -0.2) is 210 Å². The zero-order chi connectivity index (χ0) is 74.9. The number of aliphatic hydroxyl groups excluding tert-OH is 8. The average Bonchev–Trinajstić information content (AvgIpc) is 0.935. The number of ether oxygens (including phenoxy) is 1. The number of rotatable bonds is 40. The molecule has 0 spiro atoms. The molecule has 9 atom stereocenters. The number of unbranched alkanes of at least 4 members (excludes halogenated alkanes) is 2. The third-order valence-corrected chi connectivity index (χ3v) is 22.6. The van der Waals surface area contributed by atoms with E-state index in [4.69, 9.17) is 47.5 Å². The van der Waals surface area contributed by atoms with Crippen molar-refractivity contribution in [3.63, 3.8) is 0 Å². The van der Waals surface area contributed by atoms with Gasteiger partial charge in [0.15, 0.2) is 0 Å². The first-order valence-corrected chi connectivity index (χ1v) is 39.4. The molecular formula is C70H106N12O18S4. The Bertz CT molecular complexity index is 3120. The van der Waals surface area contributed by atoms with Gasteiger partial charge in [0.05, 0.1) is 51.2 Å². The largest absolute Gasteiger partial charge is 0.412 e. The van der Waals surface area contributed by atoms with E-state index >= 15 is 0 Å². The lowest BCUT2D eigenvalue weighted by Crippen LogP contribution is -2.53. The highest BCUT2D eigenvalue weighted by atomic mass is 33.1.